The summed E-state index contributed by atoms with van der Waals surface area (Å²) >= 11 is 0. The van der Waals surface area contributed by atoms with E-state index in [1.807, 2.05) is 0 Å². The summed E-state index contributed by atoms with van der Waals surface area (Å²) in [5.74, 6) is 2.11. The number of unbranched alkanes of at least 4 members (excludes halogenated alkanes) is 1. The number of carboxylic acids is 1. The molecule has 0 aliphatic heterocycles. The van der Waals surface area contributed by atoms with Crippen molar-refractivity contribution in [2.45, 2.75) is 85.0 Å². The number of carboxylic acid groups (broad SMARTS) is 1. The zero-order chi connectivity index (χ0) is 15.5. The van der Waals surface area contributed by atoms with Crippen LogP contribution in [-0.2, 0) is 4.79 Å². The highest BCUT2D eigenvalue weighted by Gasteiger charge is 2.49. The van der Waals surface area contributed by atoms with Crippen molar-refractivity contribution in [3.63, 3.8) is 0 Å². The van der Waals surface area contributed by atoms with E-state index in [1.165, 1.54) is 25.7 Å². The predicted octanol–water partition coefficient (Wildman–Crippen LogP) is 5.51. The van der Waals surface area contributed by atoms with E-state index in [0.717, 1.165) is 44.4 Å². The molecule has 2 aliphatic carbocycles. The molecule has 2 aliphatic rings. The Bertz CT molecular complexity index is 331. The van der Waals surface area contributed by atoms with Gasteiger partial charge in [0.15, 0.2) is 0 Å². The van der Waals surface area contributed by atoms with Crippen LogP contribution in [0.2, 0.25) is 0 Å². The van der Waals surface area contributed by atoms with E-state index in [4.69, 9.17) is 0 Å². The van der Waals surface area contributed by atoms with E-state index in [9.17, 15) is 9.90 Å². The minimum absolute atomic E-state index is 0.397. The Hall–Kier alpha value is -0.530. The van der Waals surface area contributed by atoms with Crippen molar-refractivity contribution in [3.05, 3.63) is 0 Å². The molecular formula is C19H34O2. The van der Waals surface area contributed by atoms with Gasteiger partial charge in [0.2, 0.25) is 0 Å². The molecule has 2 nitrogen and oxygen atoms in total. The zero-order valence-corrected chi connectivity index (χ0v) is 14.2. The van der Waals surface area contributed by atoms with Crippen molar-refractivity contribution in [1.82, 2.24) is 0 Å². The summed E-state index contributed by atoms with van der Waals surface area (Å²) in [6.45, 7) is 6.87. The van der Waals surface area contributed by atoms with Gasteiger partial charge in [0.25, 0.3) is 0 Å². The highest BCUT2D eigenvalue weighted by atomic mass is 16.4. The summed E-state index contributed by atoms with van der Waals surface area (Å²) in [6.07, 6.45) is 11.6. The molecule has 0 aromatic heterocycles. The molecule has 122 valence electrons. The second-order valence-corrected chi connectivity index (χ2v) is 8.16. The van der Waals surface area contributed by atoms with E-state index in [2.05, 4.69) is 20.8 Å². The lowest BCUT2D eigenvalue weighted by atomic mass is 9.57. The molecule has 21 heavy (non-hydrogen) atoms. The Morgan fingerprint density at radius 1 is 1.10 bits per heavy atom. The van der Waals surface area contributed by atoms with Crippen LogP contribution in [-0.4, -0.2) is 11.1 Å². The Balaban J connectivity index is 2.03. The van der Waals surface area contributed by atoms with Gasteiger partial charge in [0.1, 0.15) is 0 Å². The van der Waals surface area contributed by atoms with Crippen LogP contribution in [0, 0.1) is 29.1 Å². The first-order valence-corrected chi connectivity index (χ1v) is 9.21. The van der Waals surface area contributed by atoms with Crippen molar-refractivity contribution >= 4 is 5.97 Å². The van der Waals surface area contributed by atoms with E-state index in [-0.39, 0.29) is 0 Å². The molecule has 0 radical (unpaired) electrons. The second kappa shape index (κ2) is 7.15. The summed E-state index contributed by atoms with van der Waals surface area (Å²) in [7, 11) is 0. The van der Waals surface area contributed by atoms with Crippen molar-refractivity contribution in [2.75, 3.05) is 0 Å². The van der Waals surface area contributed by atoms with Crippen LogP contribution in [0.4, 0.5) is 0 Å². The Morgan fingerprint density at radius 2 is 1.67 bits per heavy atom. The SMILES string of the molecule is CCCCC1CCC(C(=O)O)(C2CC(C)CC(C)C2)CC1. The van der Waals surface area contributed by atoms with Gasteiger partial charge in [-0.15, -0.1) is 0 Å². The van der Waals surface area contributed by atoms with Gasteiger partial charge in [-0.05, 0) is 68.6 Å². The van der Waals surface area contributed by atoms with Gasteiger partial charge in [-0.25, -0.2) is 0 Å². The number of rotatable bonds is 5. The maximum atomic E-state index is 12.1. The quantitative estimate of drug-likeness (QED) is 0.726. The summed E-state index contributed by atoms with van der Waals surface area (Å²) in [5, 5.41) is 9.98. The molecule has 2 heteroatoms. The Kier molecular flexibility index (Phi) is 5.73. The van der Waals surface area contributed by atoms with Crippen LogP contribution in [0.5, 0.6) is 0 Å². The number of carbonyl (C=O) groups is 1. The smallest absolute Gasteiger partial charge is 0.309 e. The van der Waals surface area contributed by atoms with Crippen molar-refractivity contribution in [3.8, 4) is 0 Å². The Morgan fingerprint density at radius 3 is 2.14 bits per heavy atom. The van der Waals surface area contributed by atoms with E-state index >= 15 is 0 Å². The highest BCUT2D eigenvalue weighted by molar-refractivity contribution is 5.75. The van der Waals surface area contributed by atoms with Gasteiger partial charge in [-0.3, -0.25) is 4.79 Å². The summed E-state index contributed by atoms with van der Waals surface area (Å²) < 4.78 is 0. The summed E-state index contributed by atoms with van der Waals surface area (Å²) in [4.78, 5) is 12.1. The van der Waals surface area contributed by atoms with E-state index in [0.29, 0.717) is 17.8 Å². The van der Waals surface area contributed by atoms with Gasteiger partial charge >= 0.3 is 5.97 Å². The van der Waals surface area contributed by atoms with Crippen LogP contribution < -0.4 is 0 Å². The molecule has 2 atom stereocenters. The molecule has 0 spiro atoms. The zero-order valence-electron chi connectivity index (χ0n) is 14.2. The van der Waals surface area contributed by atoms with Gasteiger partial charge in [-0.2, -0.15) is 0 Å². The van der Waals surface area contributed by atoms with Crippen LogP contribution in [0.15, 0.2) is 0 Å². The molecule has 2 fully saturated rings. The minimum atomic E-state index is -0.497. The number of aliphatic carboxylic acids is 1. The molecule has 0 bridgehead atoms. The third-order valence-corrected chi connectivity index (χ3v) is 6.35. The lowest BCUT2D eigenvalue weighted by Gasteiger charge is -2.46. The normalized spacial score (nSPS) is 40.9. The van der Waals surface area contributed by atoms with Crippen molar-refractivity contribution < 1.29 is 9.90 Å². The first kappa shape index (κ1) is 16.8. The average Bonchev–Trinajstić information content (AvgIpc) is 2.44. The maximum Gasteiger partial charge on any atom is 0.309 e. The second-order valence-electron chi connectivity index (χ2n) is 8.16. The fourth-order valence-electron chi connectivity index (χ4n) is 5.17. The fourth-order valence-corrected chi connectivity index (χ4v) is 5.17. The van der Waals surface area contributed by atoms with Gasteiger partial charge in [-0.1, -0.05) is 40.0 Å². The predicted molar refractivity (Wildman–Crippen MR) is 87.2 cm³/mol. The molecule has 1 N–H and O–H groups in total. The lowest BCUT2D eigenvalue weighted by Crippen LogP contribution is -2.44. The standard InChI is InChI=1S/C19H34O2/c1-4-5-6-16-7-9-19(10-8-16,18(20)21)17-12-14(2)11-15(3)13-17/h14-17H,4-13H2,1-3H3,(H,20,21). The van der Waals surface area contributed by atoms with Gasteiger partial charge in [0.05, 0.1) is 5.41 Å². The van der Waals surface area contributed by atoms with Crippen LogP contribution in [0.3, 0.4) is 0 Å². The molecule has 0 amide bonds. The maximum absolute atomic E-state index is 12.1. The van der Waals surface area contributed by atoms with Crippen LogP contribution >= 0.6 is 0 Å². The third-order valence-electron chi connectivity index (χ3n) is 6.35. The number of hydrogen-bond acceptors (Lipinski definition) is 1. The molecule has 0 heterocycles. The molecular weight excluding hydrogens is 260 g/mol. The summed E-state index contributed by atoms with van der Waals surface area (Å²) in [5.41, 5.74) is -0.397. The van der Waals surface area contributed by atoms with E-state index < -0.39 is 11.4 Å². The first-order chi connectivity index (χ1) is 9.98. The van der Waals surface area contributed by atoms with Crippen molar-refractivity contribution in [1.29, 1.82) is 0 Å². The highest BCUT2D eigenvalue weighted by Crippen LogP contribution is 2.52. The minimum Gasteiger partial charge on any atom is -0.481 e. The van der Waals surface area contributed by atoms with Crippen LogP contribution in [0.1, 0.15) is 85.0 Å². The lowest BCUT2D eigenvalue weighted by molar-refractivity contribution is -0.158. The van der Waals surface area contributed by atoms with Crippen molar-refractivity contribution in [2.24, 2.45) is 29.1 Å². The number of hydrogen-bond donors (Lipinski definition) is 1. The molecule has 0 aromatic rings. The molecule has 2 rings (SSSR count). The van der Waals surface area contributed by atoms with E-state index in [1.54, 1.807) is 0 Å². The van der Waals surface area contributed by atoms with Gasteiger partial charge < -0.3 is 5.11 Å². The van der Waals surface area contributed by atoms with Crippen LogP contribution in [0.25, 0.3) is 0 Å². The average molecular weight is 294 g/mol. The topological polar surface area (TPSA) is 37.3 Å². The fraction of sp³-hybridized carbons (Fsp3) is 0.947. The summed E-state index contributed by atoms with van der Waals surface area (Å²) in [6, 6.07) is 0. The molecule has 2 unspecified atom stereocenters. The largest absolute Gasteiger partial charge is 0.481 e. The monoisotopic (exact) mass is 294 g/mol. The third kappa shape index (κ3) is 3.81. The van der Waals surface area contributed by atoms with Gasteiger partial charge in [0, 0.05) is 0 Å². The molecule has 2 saturated carbocycles. The first-order valence-electron chi connectivity index (χ1n) is 9.21. The molecule has 0 saturated heterocycles. The Labute approximate surface area is 130 Å². The molecule has 0 aromatic carbocycles.